The lowest BCUT2D eigenvalue weighted by molar-refractivity contribution is -0.209. The summed E-state index contributed by atoms with van der Waals surface area (Å²) in [6.07, 6.45) is -6.14. The first-order chi connectivity index (χ1) is 10.0. The molecule has 0 aromatic carbocycles. The van der Waals surface area contributed by atoms with E-state index < -0.39 is 23.9 Å². The Morgan fingerprint density at radius 3 is 2.64 bits per heavy atom. The quantitative estimate of drug-likeness (QED) is 0.764. The van der Waals surface area contributed by atoms with Gasteiger partial charge in [0.2, 0.25) is 0 Å². The molecule has 2 rings (SSSR count). The minimum Gasteiger partial charge on any atom is -0.437 e. The number of aromatic amines is 1. The summed E-state index contributed by atoms with van der Waals surface area (Å²) in [4.78, 5) is 12.9. The molecule has 1 aromatic rings. The van der Waals surface area contributed by atoms with E-state index in [4.69, 9.17) is 0 Å². The standard InChI is InChI=1S/C12H16BrF3N4O2/c1-6-7(13)8(19-18-6)20-5-4-17-9(11(20,2)3)22-10(21)12(14,15)16/h9,17H,4-5H2,1-3H3,(H,18,19). The average molecular weight is 385 g/mol. The number of H-pyrrole nitrogens is 1. The molecule has 2 N–H and O–H groups in total. The molecule has 1 aliphatic rings. The number of carbonyl (C=O) groups is 1. The van der Waals surface area contributed by atoms with Crippen LogP contribution in [0.15, 0.2) is 4.47 Å². The van der Waals surface area contributed by atoms with Crippen LogP contribution in [0.2, 0.25) is 0 Å². The maximum absolute atomic E-state index is 12.4. The Morgan fingerprint density at radius 2 is 2.14 bits per heavy atom. The molecule has 0 amide bonds. The molecule has 1 aromatic heterocycles. The monoisotopic (exact) mass is 384 g/mol. The van der Waals surface area contributed by atoms with Crippen LogP contribution in [0.1, 0.15) is 19.5 Å². The van der Waals surface area contributed by atoms with Gasteiger partial charge in [0.1, 0.15) is 0 Å². The van der Waals surface area contributed by atoms with Gasteiger partial charge in [0.25, 0.3) is 0 Å². The molecular weight excluding hydrogens is 369 g/mol. The maximum Gasteiger partial charge on any atom is 0.490 e. The number of halogens is 4. The van der Waals surface area contributed by atoms with Crippen molar-refractivity contribution in [3.63, 3.8) is 0 Å². The van der Waals surface area contributed by atoms with Crippen molar-refractivity contribution in [1.29, 1.82) is 0 Å². The van der Waals surface area contributed by atoms with E-state index in [-0.39, 0.29) is 0 Å². The van der Waals surface area contributed by atoms with Gasteiger partial charge in [0, 0.05) is 18.8 Å². The highest BCUT2D eigenvalue weighted by Crippen LogP contribution is 2.35. The van der Waals surface area contributed by atoms with E-state index in [0.717, 1.165) is 10.2 Å². The zero-order chi connectivity index (χ0) is 16.7. The molecule has 0 radical (unpaired) electrons. The van der Waals surface area contributed by atoms with Crippen molar-refractivity contribution in [3.8, 4) is 0 Å². The van der Waals surface area contributed by atoms with E-state index in [1.165, 1.54) is 0 Å². The molecule has 0 bridgehead atoms. The molecule has 0 aliphatic carbocycles. The molecule has 2 heterocycles. The molecule has 1 atom stereocenters. The van der Waals surface area contributed by atoms with Crippen LogP contribution in [0, 0.1) is 6.92 Å². The number of carbonyl (C=O) groups excluding carboxylic acids is 1. The Kier molecular flexibility index (Phi) is 4.44. The number of rotatable bonds is 2. The van der Waals surface area contributed by atoms with E-state index in [1.807, 2.05) is 6.92 Å². The van der Waals surface area contributed by atoms with Crippen LogP contribution in [0.5, 0.6) is 0 Å². The first-order valence-corrected chi connectivity index (χ1v) is 7.33. The second kappa shape index (κ2) is 5.73. The molecule has 1 fully saturated rings. The second-order valence-corrected chi connectivity index (χ2v) is 6.32. The van der Waals surface area contributed by atoms with Gasteiger partial charge in [-0.1, -0.05) is 0 Å². The van der Waals surface area contributed by atoms with Crippen LogP contribution in [-0.4, -0.2) is 47.2 Å². The highest BCUT2D eigenvalue weighted by Gasteiger charge is 2.48. The fraction of sp³-hybridized carbons (Fsp3) is 0.667. The minimum absolute atomic E-state index is 0.359. The van der Waals surface area contributed by atoms with E-state index in [2.05, 4.69) is 36.2 Å². The SMILES string of the molecule is Cc1[nH]nc(N2CCNC(OC(=O)C(F)(F)F)C2(C)C)c1Br. The lowest BCUT2D eigenvalue weighted by atomic mass is 9.97. The lowest BCUT2D eigenvalue weighted by Gasteiger charge is -2.47. The number of piperazine rings is 1. The minimum atomic E-state index is -5.02. The van der Waals surface area contributed by atoms with Crippen molar-refractivity contribution in [2.45, 2.75) is 38.7 Å². The topological polar surface area (TPSA) is 70.2 Å². The fourth-order valence-corrected chi connectivity index (χ4v) is 2.70. The van der Waals surface area contributed by atoms with Crippen LogP contribution in [0.3, 0.4) is 0 Å². The summed E-state index contributed by atoms with van der Waals surface area (Å²) in [5.41, 5.74) is -0.114. The molecular formula is C12H16BrF3N4O2. The second-order valence-electron chi connectivity index (χ2n) is 5.53. The number of hydrogen-bond donors (Lipinski definition) is 2. The highest BCUT2D eigenvalue weighted by molar-refractivity contribution is 9.10. The van der Waals surface area contributed by atoms with Crippen molar-refractivity contribution in [2.75, 3.05) is 18.0 Å². The molecule has 124 valence electrons. The largest absolute Gasteiger partial charge is 0.490 e. The Labute approximate surface area is 133 Å². The van der Waals surface area contributed by atoms with E-state index in [9.17, 15) is 18.0 Å². The summed E-state index contributed by atoms with van der Waals surface area (Å²) < 4.78 is 42.5. The number of aromatic nitrogens is 2. The predicted octanol–water partition coefficient (Wildman–Crippen LogP) is 2.10. The van der Waals surface area contributed by atoms with Gasteiger partial charge in [-0.15, -0.1) is 0 Å². The first-order valence-electron chi connectivity index (χ1n) is 6.54. The lowest BCUT2D eigenvalue weighted by Crippen LogP contribution is -2.66. The van der Waals surface area contributed by atoms with E-state index in [1.54, 1.807) is 18.7 Å². The van der Waals surface area contributed by atoms with E-state index in [0.29, 0.717) is 18.9 Å². The van der Waals surface area contributed by atoms with Gasteiger partial charge in [-0.3, -0.25) is 10.4 Å². The average Bonchev–Trinajstić information content (AvgIpc) is 2.71. The molecule has 0 spiro atoms. The van der Waals surface area contributed by atoms with E-state index >= 15 is 0 Å². The number of hydrogen-bond acceptors (Lipinski definition) is 5. The third-order valence-electron chi connectivity index (χ3n) is 3.57. The van der Waals surface area contributed by atoms with Gasteiger partial charge < -0.3 is 9.64 Å². The third kappa shape index (κ3) is 3.07. The number of nitrogens with one attached hydrogen (secondary N) is 2. The van der Waals surface area contributed by atoms with Crippen molar-refractivity contribution < 1.29 is 22.7 Å². The molecule has 1 saturated heterocycles. The zero-order valence-electron chi connectivity index (χ0n) is 12.2. The van der Waals surface area contributed by atoms with Crippen LogP contribution in [0.4, 0.5) is 19.0 Å². The Hall–Kier alpha value is -1.29. The molecule has 0 saturated carbocycles. The van der Waals surface area contributed by atoms with Gasteiger partial charge in [-0.05, 0) is 36.7 Å². The van der Waals surface area contributed by atoms with Gasteiger partial charge in [0.05, 0.1) is 10.0 Å². The van der Waals surface area contributed by atoms with Crippen molar-refractivity contribution in [1.82, 2.24) is 15.5 Å². The Morgan fingerprint density at radius 1 is 1.50 bits per heavy atom. The number of aryl methyl sites for hydroxylation is 1. The summed E-state index contributed by atoms with van der Waals surface area (Å²) in [6, 6.07) is 0. The molecule has 6 nitrogen and oxygen atoms in total. The third-order valence-corrected chi connectivity index (χ3v) is 4.52. The highest BCUT2D eigenvalue weighted by atomic mass is 79.9. The van der Waals surface area contributed by atoms with Gasteiger partial charge in [-0.2, -0.15) is 18.3 Å². The van der Waals surface area contributed by atoms with Crippen LogP contribution in [-0.2, 0) is 9.53 Å². The Balaban J connectivity index is 2.25. The van der Waals surface area contributed by atoms with Crippen molar-refractivity contribution in [2.24, 2.45) is 0 Å². The summed E-state index contributed by atoms with van der Waals surface area (Å²) in [7, 11) is 0. The summed E-state index contributed by atoms with van der Waals surface area (Å²) in [5.74, 6) is -1.64. The molecule has 1 unspecified atom stereocenters. The van der Waals surface area contributed by atoms with Crippen molar-refractivity contribution >= 4 is 27.7 Å². The molecule has 10 heteroatoms. The van der Waals surface area contributed by atoms with Gasteiger partial charge in [-0.25, -0.2) is 4.79 Å². The number of alkyl halides is 3. The number of ether oxygens (including phenoxy) is 1. The van der Waals surface area contributed by atoms with Crippen LogP contribution >= 0.6 is 15.9 Å². The smallest absolute Gasteiger partial charge is 0.437 e. The number of esters is 1. The first kappa shape index (κ1) is 17.1. The predicted molar refractivity (Wildman–Crippen MR) is 76.4 cm³/mol. The van der Waals surface area contributed by atoms with Crippen LogP contribution < -0.4 is 10.2 Å². The summed E-state index contributed by atoms with van der Waals surface area (Å²) in [6.45, 7) is 6.05. The summed E-state index contributed by atoms with van der Waals surface area (Å²) >= 11 is 3.40. The maximum atomic E-state index is 12.4. The molecule has 22 heavy (non-hydrogen) atoms. The normalized spacial score (nSPS) is 21.8. The van der Waals surface area contributed by atoms with Crippen LogP contribution in [0.25, 0.3) is 0 Å². The molecule has 1 aliphatic heterocycles. The summed E-state index contributed by atoms with van der Waals surface area (Å²) in [5, 5.41) is 9.77. The Bertz CT molecular complexity index is 573. The van der Waals surface area contributed by atoms with Gasteiger partial charge in [0.15, 0.2) is 12.0 Å². The number of anilines is 1. The van der Waals surface area contributed by atoms with Gasteiger partial charge >= 0.3 is 12.1 Å². The van der Waals surface area contributed by atoms with Crippen molar-refractivity contribution in [3.05, 3.63) is 10.2 Å². The number of nitrogens with zero attached hydrogens (tertiary/aromatic N) is 2. The fourth-order valence-electron chi connectivity index (χ4n) is 2.31. The zero-order valence-corrected chi connectivity index (χ0v) is 13.8.